The van der Waals surface area contributed by atoms with Crippen LogP contribution in [0.4, 0.5) is 0 Å². The number of aromatic nitrogens is 1. The van der Waals surface area contributed by atoms with Crippen molar-refractivity contribution in [2.45, 2.75) is 19.4 Å². The smallest absolute Gasteiger partial charge is 0.329 e. The predicted molar refractivity (Wildman–Crippen MR) is 63.9 cm³/mol. The van der Waals surface area contributed by atoms with Crippen molar-refractivity contribution >= 4 is 28.5 Å². The Kier molecular flexibility index (Phi) is 2.43. The highest BCUT2D eigenvalue weighted by Crippen LogP contribution is 2.26. The number of nitrogens with zero attached hydrogens (tertiary/aromatic N) is 1. The summed E-state index contributed by atoms with van der Waals surface area (Å²) in [4.78, 5) is 11.2. The molecule has 16 heavy (non-hydrogen) atoms. The molecule has 2 aromatic rings. The molecule has 1 N–H and O–H groups in total. The van der Waals surface area contributed by atoms with Crippen LogP contribution < -0.4 is 0 Å². The summed E-state index contributed by atoms with van der Waals surface area (Å²) in [7, 11) is 0. The molecule has 1 heterocycles. The molecule has 0 radical (unpaired) electrons. The SMILES string of the molecule is CC(C)(C(=O)O)n1ccc2ccc(Cl)cc21. The summed E-state index contributed by atoms with van der Waals surface area (Å²) in [5.74, 6) is -0.870. The fourth-order valence-corrected chi connectivity index (χ4v) is 1.86. The third-order valence-electron chi connectivity index (χ3n) is 2.78. The lowest BCUT2D eigenvalue weighted by Gasteiger charge is -2.22. The minimum atomic E-state index is -0.980. The number of aliphatic carboxylic acids is 1. The number of rotatable bonds is 2. The average molecular weight is 238 g/mol. The lowest BCUT2D eigenvalue weighted by atomic mass is 10.1. The minimum Gasteiger partial charge on any atom is -0.480 e. The second kappa shape index (κ2) is 3.52. The average Bonchev–Trinajstić information content (AvgIpc) is 2.60. The lowest BCUT2D eigenvalue weighted by Crippen LogP contribution is -2.34. The van der Waals surface area contributed by atoms with Crippen LogP contribution in [0.3, 0.4) is 0 Å². The summed E-state index contributed by atoms with van der Waals surface area (Å²) in [6.45, 7) is 3.32. The molecule has 4 heteroatoms. The molecule has 0 bridgehead atoms. The zero-order valence-electron chi connectivity index (χ0n) is 9.07. The predicted octanol–water partition coefficient (Wildman–Crippen LogP) is 3.11. The van der Waals surface area contributed by atoms with Gasteiger partial charge in [-0.2, -0.15) is 0 Å². The lowest BCUT2D eigenvalue weighted by molar-refractivity contribution is -0.145. The summed E-state index contributed by atoms with van der Waals surface area (Å²) < 4.78 is 1.72. The van der Waals surface area contributed by atoms with E-state index in [4.69, 9.17) is 11.6 Å². The van der Waals surface area contributed by atoms with Gasteiger partial charge in [0, 0.05) is 11.2 Å². The Morgan fingerprint density at radius 3 is 2.69 bits per heavy atom. The normalized spacial score (nSPS) is 11.9. The van der Waals surface area contributed by atoms with Crippen LogP contribution in [0.5, 0.6) is 0 Å². The van der Waals surface area contributed by atoms with Crippen molar-refractivity contribution < 1.29 is 9.90 Å². The van der Waals surface area contributed by atoms with E-state index >= 15 is 0 Å². The molecule has 0 spiro atoms. The highest BCUT2D eigenvalue weighted by Gasteiger charge is 2.29. The number of halogens is 1. The van der Waals surface area contributed by atoms with Gasteiger partial charge in [-0.1, -0.05) is 17.7 Å². The van der Waals surface area contributed by atoms with Crippen molar-refractivity contribution in [1.82, 2.24) is 4.57 Å². The van der Waals surface area contributed by atoms with Gasteiger partial charge in [-0.15, -0.1) is 0 Å². The first-order chi connectivity index (χ1) is 7.43. The highest BCUT2D eigenvalue weighted by atomic mass is 35.5. The van der Waals surface area contributed by atoms with Crippen molar-refractivity contribution in [3.8, 4) is 0 Å². The van der Waals surface area contributed by atoms with Gasteiger partial charge >= 0.3 is 5.97 Å². The van der Waals surface area contributed by atoms with Gasteiger partial charge < -0.3 is 9.67 Å². The van der Waals surface area contributed by atoms with Gasteiger partial charge in [0.1, 0.15) is 5.54 Å². The maximum absolute atomic E-state index is 11.2. The molecule has 0 saturated carbocycles. The first-order valence-electron chi connectivity index (χ1n) is 4.93. The van der Waals surface area contributed by atoms with Crippen molar-refractivity contribution in [3.05, 3.63) is 35.5 Å². The van der Waals surface area contributed by atoms with E-state index in [1.165, 1.54) is 0 Å². The van der Waals surface area contributed by atoms with E-state index in [0.717, 1.165) is 10.9 Å². The quantitative estimate of drug-likeness (QED) is 0.872. The van der Waals surface area contributed by atoms with Crippen LogP contribution in [0.25, 0.3) is 10.9 Å². The number of carboxylic acid groups (broad SMARTS) is 1. The van der Waals surface area contributed by atoms with Crippen LogP contribution in [-0.2, 0) is 10.3 Å². The monoisotopic (exact) mass is 237 g/mol. The second-order valence-corrected chi connectivity index (χ2v) is 4.69. The number of fused-ring (bicyclic) bond motifs is 1. The van der Waals surface area contributed by atoms with E-state index in [2.05, 4.69) is 0 Å². The Labute approximate surface area is 98.3 Å². The summed E-state index contributed by atoms with van der Waals surface area (Å²) >= 11 is 5.92. The van der Waals surface area contributed by atoms with Crippen molar-refractivity contribution in [2.75, 3.05) is 0 Å². The largest absolute Gasteiger partial charge is 0.480 e. The summed E-state index contributed by atoms with van der Waals surface area (Å²) in [6.07, 6.45) is 1.77. The number of carboxylic acids is 1. The molecule has 84 valence electrons. The van der Waals surface area contributed by atoms with E-state index < -0.39 is 11.5 Å². The first kappa shape index (κ1) is 11.0. The van der Waals surface area contributed by atoms with Crippen LogP contribution in [0.15, 0.2) is 30.5 Å². The van der Waals surface area contributed by atoms with Gasteiger partial charge in [0.2, 0.25) is 0 Å². The fourth-order valence-electron chi connectivity index (χ4n) is 1.69. The molecule has 0 atom stereocenters. The van der Waals surface area contributed by atoms with Crippen LogP contribution in [-0.4, -0.2) is 15.6 Å². The van der Waals surface area contributed by atoms with Crippen LogP contribution in [0.1, 0.15) is 13.8 Å². The molecule has 0 amide bonds. The van der Waals surface area contributed by atoms with Gasteiger partial charge in [0.05, 0.1) is 5.52 Å². The number of carbonyl (C=O) groups is 1. The van der Waals surface area contributed by atoms with Crippen molar-refractivity contribution in [1.29, 1.82) is 0 Å². The Morgan fingerprint density at radius 1 is 1.38 bits per heavy atom. The molecule has 3 nitrogen and oxygen atoms in total. The molecule has 0 saturated heterocycles. The molecule has 1 aromatic carbocycles. The van der Waals surface area contributed by atoms with Crippen LogP contribution in [0, 0.1) is 0 Å². The van der Waals surface area contributed by atoms with Gasteiger partial charge in [0.25, 0.3) is 0 Å². The molecule has 0 aliphatic rings. The topological polar surface area (TPSA) is 42.2 Å². The third-order valence-corrected chi connectivity index (χ3v) is 3.02. The summed E-state index contributed by atoms with van der Waals surface area (Å²) in [6, 6.07) is 7.34. The second-order valence-electron chi connectivity index (χ2n) is 4.25. The summed E-state index contributed by atoms with van der Waals surface area (Å²) in [5, 5.41) is 10.8. The van der Waals surface area contributed by atoms with Crippen LogP contribution in [0.2, 0.25) is 5.02 Å². The number of hydrogen-bond acceptors (Lipinski definition) is 1. The molecule has 0 unspecified atom stereocenters. The van der Waals surface area contributed by atoms with Gasteiger partial charge in [-0.3, -0.25) is 0 Å². The number of benzene rings is 1. The van der Waals surface area contributed by atoms with Gasteiger partial charge in [-0.25, -0.2) is 4.79 Å². The molecule has 0 aliphatic heterocycles. The third kappa shape index (κ3) is 1.57. The van der Waals surface area contributed by atoms with Gasteiger partial charge in [-0.05, 0) is 37.4 Å². The molecule has 2 rings (SSSR count). The van der Waals surface area contributed by atoms with Gasteiger partial charge in [0.15, 0.2) is 0 Å². The molecule has 0 fully saturated rings. The standard InChI is InChI=1S/C12H12ClNO2/c1-12(2,11(15)16)14-6-5-8-3-4-9(13)7-10(8)14/h3-7H,1-2H3,(H,15,16). The van der Waals surface area contributed by atoms with E-state index in [1.54, 1.807) is 36.7 Å². The fraction of sp³-hybridized carbons (Fsp3) is 0.250. The van der Waals surface area contributed by atoms with Crippen molar-refractivity contribution in [3.63, 3.8) is 0 Å². The number of hydrogen-bond donors (Lipinski definition) is 1. The van der Waals surface area contributed by atoms with E-state index in [-0.39, 0.29) is 0 Å². The Hall–Kier alpha value is -1.48. The molecular weight excluding hydrogens is 226 g/mol. The van der Waals surface area contributed by atoms with Crippen molar-refractivity contribution in [2.24, 2.45) is 0 Å². The van der Waals surface area contributed by atoms with E-state index in [1.807, 2.05) is 12.1 Å². The zero-order chi connectivity index (χ0) is 11.9. The van der Waals surface area contributed by atoms with Crippen LogP contribution >= 0.6 is 11.6 Å². The Morgan fingerprint density at radius 2 is 2.06 bits per heavy atom. The minimum absolute atomic E-state index is 0.605. The first-order valence-corrected chi connectivity index (χ1v) is 5.31. The van der Waals surface area contributed by atoms with E-state index in [9.17, 15) is 9.90 Å². The maximum Gasteiger partial charge on any atom is 0.329 e. The van der Waals surface area contributed by atoms with E-state index in [0.29, 0.717) is 5.02 Å². The Balaban J connectivity index is 2.70. The highest BCUT2D eigenvalue weighted by molar-refractivity contribution is 6.31. The molecular formula is C12H12ClNO2. The summed E-state index contributed by atoms with van der Waals surface area (Å²) in [5.41, 5.74) is -0.146. The Bertz CT molecular complexity index is 557. The molecule has 1 aromatic heterocycles. The zero-order valence-corrected chi connectivity index (χ0v) is 9.82. The maximum atomic E-state index is 11.2. The molecule has 0 aliphatic carbocycles.